The van der Waals surface area contributed by atoms with E-state index in [4.69, 9.17) is 4.74 Å². The van der Waals surface area contributed by atoms with E-state index in [0.717, 1.165) is 21.9 Å². The van der Waals surface area contributed by atoms with Crippen LogP contribution >= 0.6 is 11.3 Å². The van der Waals surface area contributed by atoms with Crippen LogP contribution in [0, 0.1) is 6.92 Å². The number of hydrogen-bond donors (Lipinski definition) is 0. The van der Waals surface area contributed by atoms with Gasteiger partial charge in [0.05, 0.1) is 12.7 Å². The van der Waals surface area contributed by atoms with Gasteiger partial charge < -0.3 is 4.74 Å². The number of thiophene rings is 1. The van der Waals surface area contributed by atoms with E-state index in [1.807, 2.05) is 25.1 Å². The van der Waals surface area contributed by atoms with Crippen molar-refractivity contribution in [2.75, 3.05) is 7.11 Å². The zero-order valence-corrected chi connectivity index (χ0v) is 8.85. The normalized spacial score (nSPS) is 10.4. The molecule has 0 N–H and O–H groups in total. The molecule has 0 spiro atoms. The molecule has 0 atom stereocenters. The first-order chi connectivity index (χ1) is 6.76. The lowest BCUT2D eigenvalue weighted by molar-refractivity contribution is 0.112. The molecule has 0 radical (unpaired) electrons. The lowest BCUT2D eigenvalue weighted by Crippen LogP contribution is -1.84. The van der Waals surface area contributed by atoms with Crippen molar-refractivity contribution in [2.24, 2.45) is 0 Å². The van der Waals surface area contributed by atoms with Gasteiger partial charge in [-0.25, -0.2) is 0 Å². The van der Waals surface area contributed by atoms with Gasteiger partial charge in [-0.15, -0.1) is 0 Å². The molecule has 0 unspecified atom stereocenters. The molecule has 0 fully saturated rings. The average molecular weight is 206 g/mol. The minimum Gasteiger partial charge on any atom is -0.487 e. The van der Waals surface area contributed by atoms with Gasteiger partial charge >= 0.3 is 0 Å². The monoisotopic (exact) mass is 206 g/mol. The number of hydrogen-bond acceptors (Lipinski definition) is 3. The maximum absolute atomic E-state index is 10.9. The molecule has 0 bridgehead atoms. The van der Waals surface area contributed by atoms with Crippen LogP contribution in [0.15, 0.2) is 18.2 Å². The van der Waals surface area contributed by atoms with Gasteiger partial charge in [0, 0.05) is 10.1 Å². The first-order valence-electron chi connectivity index (χ1n) is 4.28. The number of fused-ring (bicyclic) bond motifs is 1. The highest BCUT2D eigenvalue weighted by molar-refractivity contribution is 7.21. The largest absolute Gasteiger partial charge is 0.487 e. The standard InChI is InChI=1S/C11H10O2S/c1-7-3-4-10-8(5-7)9(6-12)11(13-2)14-10/h3-6H,1-2H3. The Hall–Kier alpha value is -1.35. The van der Waals surface area contributed by atoms with Crippen molar-refractivity contribution < 1.29 is 9.53 Å². The van der Waals surface area contributed by atoms with Crippen molar-refractivity contribution >= 4 is 27.7 Å². The first-order valence-corrected chi connectivity index (χ1v) is 5.10. The molecule has 2 rings (SSSR count). The highest BCUT2D eigenvalue weighted by atomic mass is 32.1. The Morgan fingerprint density at radius 2 is 2.21 bits per heavy atom. The Kier molecular flexibility index (Phi) is 2.25. The van der Waals surface area contributed by atoms with Crippen LogP contribution < -0.4 is 4.74 Å². The molecular formula is C11H10O2S. The Morgan fingerprint density at radius 3 is 2.86 bits per heavy atom. The summed E-state index contributed by atoms with van der Waals surface area (Å²) in [6.07, 6.45) is 0.858. The van der Waals surface area contributed by atoms with Crippen molar-refractivity contribution in [3.05, 3.63) is 29.3 Å². The smallest absolute Gasteiger partial charge is 0.185 e. The van der Waals surface area contributed by atoms with E-state index in [9.17, 15) is 4.79 Å². The molecule has 2 aromatic rings. The molecule has 72 valence electrons. The van der Waals surface area contributed by atoms with Gasteiger partial charge in [-0.3, -0.25) is 4.79 Å². The summed E-state index contributed by atoms with van der Waals surface area (Å²) in [6.45, 7) is 2.01. The summed E-state index contributed by atoms with van der Waals surface area (Å²) in [5.41, 5.74) is 1.82. The first kappa shape index (κ1) is 9.21. The van der Waals surface area contributed by atoms with Crippen LogP contribution in [0.2, 0.25) is 0 Å². The van der Waals surface area contributed by atoms with Crippen molar-refractivity contribution in [2.45, 2.75) is 6.92 Å². The van der Waals surface area contributed by atoms with Gasteiger partial charge in [0.25, 0.3) is 0 Å². The van der Waals surface area contributed by atoms with Crippen LogP contribution in [0.1, 0.15) is 15.9 Å². The summed E-state index contributed by atoms with van der Waals surface area (Å²) in [5.74, 6) is 0. The summed E-state index contributed by atoms with van der Waals surface area (Å²) >= 11 is 1.50. The predicted octanol–water partition coefficient (Wildman–Crippen LogP) is 3.03. The van der Waals surface area contributed by atoms with E-state index in [1.165, 1.54) is 11.3 Å². The molecule has 0 aliphatic rings. The van der Waals surface area contributed by atoms with Crippen LogP contribution in [0.3, 0.4) is 0 Å². The summed E-state index contributed by atoms with van der Waals surface area (Å²) in [6, 6.07) is 6.07. The highest BCUT2D eigenvalue weighted by Crippen LogP contribution is 2.36. The van der Waals surface area contributed by atoms with Crippen LogP contribution in [0.5, 0.6) is 5.06 Å². The summed E-state index contributed by atoms with van der Waals surface area (Å²) in [7, 11) is 1.59. The molecule has 1 aromatic carbocycles. The fourth-order valence-electron chi connectivity index (χ4n) is 1.47. The fraction of sp³-hybridized carbons (Fsp3) is 0.182. The van der Waals surface area contributed by atoms with E-state index in [2.05, 4.69) is 0 Å². The molecule has 0 saturated carbocycles. The van der Waals surface area contributed by atoms with Gasteiger partial charge in [-0.1, -0.05) is 23.0 Å². The second kappa shape index (κ2) is 3.42. The van der Waals surface area contributed by atoms with Gasteiger partial charge in [0.1, 0.15) is 0 Å². The molecule has 0 aliphatic heterocycles. The molecule has 3 heteroatoms. The maximum Gasteiger partial charge on any atom is 0.185 e. The minimum absolute atomic E-state index is 0.663. The Labute approximate surface area is 86.1 Å². The van der Waals surface area contributed by atoms with Gasteiger partial charge in [0.2, 0.25) is 0 Å². The molecule has 0 saturated heterocycles. The van der Waals surface area contributed by atoms with Crippen LogP contribution in [0.4, 0.5) is 0 Å². The third-order valence-electron chi connectivity index (χ3n) is 2.15. The second-order valence-electron chi connectivity index (χ2n) is 3.12. The van der Waals surface area contributed by atoms with E-state index in [-0.39, 0.29) is 0 Å². The number of ether oxygens (including phenoxy) is 1. The van der Waals surface area contributed by atoms with E-state index in [0.29, 0.717) is 10.6 Å². The molecule has 1 heterocycles. The fourth-order valence-corrected chi connectivity index (χ4v) is 2.44. The maximum atomic E-state index is 10.9. The Balaban J connectivity index is 2.81. The van der Waals surface area contributed by atoms with Gasteiger partial charge in [0.15, 0.2) is 11.3 Å². The second-order valence-corrected chi connectivity index (χ2v) is 4.14. The van der Waals surface area contributed by atoms with Crippen LogP contribution in [-0.4, -0.2) is 13.4 Å². The highest BCUT2D eigenvalue weighted by Gasteiger charge is 2.11. The molecule has 14 heavy (non-hydrogen) atoms. The summed E-state index contributed by atoms with van der Waals surface area (Å²) in [5, 5.41) is 1.68. The lowest BCUT2D eigenvalue weighted by atomic mass is 10.1. The Morgan fingerprint density at radius 1 is 1.43 bits per heavy atom. The van der Waals surface area contributed by atoms with Crippen LogP contribution in [-0.2, 0) is 0 Å². The molecular weight excluding hydrogens is 196 g/mol. The zero-order valence-electron chi connectivity index (χ0n) is 8.03. The molecule has 0 amide bonds. The van der Waals surface area contributed by atoms with E-state index < -0.39 is 0 Å². The number of methoxy groups -OCH3 is 1. The predicted molar refractivity (Wildman–Crippen MR) is 58.5 cm³/mol. The zero-order chi connectivity index (χ0) is 10.1. The average Bonchev–Trinajstić information content (AvgIpc) is 2.54. The van der Waals surface area contributed by atoms with Crippen molar-refractivity contribution in [1.29, 1.82) is 0 Å². The number of rotatable bonds is 2. The number of benzene rings is 1. The lowest BCUT2D eigenvalue weighted by Gasteiger charge is -1.94. The van der Waals surface area contributed by atoms with Gasteiger partial charge in [-0.05, 0) is 19.1 Å². The summed E-state index contributed by atoms with van der Waals surface area (Å²) < 4.78 is 6.24. The van der Waals surface area contributed by atoms with Crippen molar-refractivity contribution in [3.8, 4) is 5.06 Å². The minimum atomic E-state index is 0.663. The van der Waals surface area contributed by atoms with Crippen molar-refractivity contribution in [3.63, 3.8) is 0 Å². The molecule has 1 aromatic heterocycles. The van der Waals surface area contributed by atoms with Crippen molar-refractivity contribution in [1.82, 2.24) is 0 Å². The van der Waals surface area contributed by atoms with E-state index in [1.54, 1.807) is 7.11 Å². The third-order valence-corrected chi connectivity index (χ3v) is 3.30. The quantitative estimate of drug-likeness (QED) is 0.706. The number of carbonyl (C=O) groups excluding carboxylic acids is 1. The molecule has 2 nitrogen and oxygen atoms in total. The molecule has 0 aliphatic carbocycles. The topological polar surface area (TPSA) is 26.3 Å². The Bertz CT molecular complexity index is 485. The van der Waals surface area contributed by atoms with Gasteiger partial charge in [-0.2, -0.15) is 0 Å². The number of aryl methyl sites for hydroxylation is 1. The number of aldehydes is 1. The summed E-state index contributed by atoms with van der Waals surface area (Å²) in [4.78, 5) is 10.9. The SMILES string of the molecule is COc1sc2ccc(C)cc2c1C=O. The van der Waals surface area contributed by atoms with Crippen LogP contribution in [0.25, 0.3) is 10.1 Å². The van der Waals surface area contributed by atoms with E-state index >= 15 is 0 Å². The third kappa shape index (κ3) is 1.30. The number of carbonyl (C=O) groups is 1.